The van der Waals surface area contributed by atoms with E-state index in [0.29, 0.717) is 3.63 Å². The van der Waals surface area contributed by atoms with Gasteiger partial charge in [-0.3, -0.25) is 0 Å². The Labute approximate surface area is 331 Å². The molecule has 0 radical (unpaired) electrons. The monoisotopic (exact) mass is 796 g/mol. The van der Waals surface area contributed by atoms with Gasteiger partial charge in [-0.2, -0.15) is 0 Å². The van der Waals surface area contributed by atoms with Gasteiger partial charge in [0.2, 0.25) is 0 Å². The largest absolute Gasteiger partial charge is 1.00 e. The Hall–Kier alpha value is -3.35. The van der Waals surface area contributed by atoms with Crippen LogP contribution in [0.25, 0.3) is 32.7 Å². The second-order valence-corrected chi connectivity index (χ2v) is 23.3. The quantitative estimate of drug-likeness (QED) is 0.174. The van der Waals surface area contributed by atoms with E-state index in [1.54, 1.807) is 17.6 Å². The molecule has 0 atom stereocenters. The third kappa shape index (κ3) is 7.27. The minimum Gasteiger partial charge on any atom is -1.00 e. The molecular weight excluding hydrogens is 751 g/mol. The predicted molar refractivity (Wildman–Crippen MR) is 213 cm³/mol. The Morgan fingerprint density at radius 1 is 0.577 bits per heavy atom. The van der Waals surface area contributed by atoms with E-state index in [1.165, 1.54) is 54.9 Å². The van der Waals surface area contributed by atoms with Gasteiger partial charge in [0.05, 0.1) is 0 Å². The standard InChI is InChI=1S/C23H18.C21H25.C5H5.2ClH.Zr/c1-3-16-22-18(8-1)10-5-12-20(22)14-7-15-21-13-6-11-19-9-2-4-17-23(19)21;1-20(2,3)16-7-9-18-14(12-16)11-15-13-17(21(4,5)6)8-10-19(15)18;1-2-4-5-3-1;;;/h1-6,8-13,16-17H,14-15H2;7-13H,1-6H3;1-3H,4H2;2*1H;/q;;;;;+2/p-2. The van der Waals surface area contributed by atoms with E-state index in [4.69, 9.17) is 0 Å². The van der Waals surface area contributed by atoms with Crippen LogP contribution in [0.4, 0.5) is 0 Å². The van der Waals surface area contributed by atoms with Crippen molar-refractivity contribution >= 4 is 24.8 Å². The Morgan fingerprint density at radius 3 is 1.48 bits per heavy atom. The minimum atomic E-state index is -2.74. The number of benzene rings is 6. The second-order valence-electron chi connectivity index (χ2n) is 16.5. The summed E-state index contributed by atoms with van der Waals surface area (Å²) in [5.41, 5.74) is 12.1. The van der Waals surface area contributed by atoms with Crippen LogP contribution in [0.1, 0.15) is 85.0 Å². The van der Waals surface area contributed by atoms with Gasteiger partial charge in [-0.05, 0) is 0 Å². The van der Waals surface area contributed by atoms with E-state index >= 15 is 0 Å². The SMILES string of the molecule is CC(C)(C)c1ccc2c(c1)[CH]([Zr+2]([C]1=CC=CC1)=[C](Cc1cccc3ccccc13)Cc1cccc3ccccc13)c1cc(C(C)(C)C)ccc1-2.[Cl-].[Cl-]. The molecule has 0 bridgehead atoms. The molecular formula is C49H48Cl2Zr. The van der Waals surface area contributed by atoms with Crippen LogP contribution in [0.5, 0.6) is 0 Å². The first-order chi connectivity index (χ1) is 24.1. The molecule has 0 fully saturated rings. The smallest absolute Gasteiger partial charge is 1.00 e. The molecule has 0 unspecified atom stereocenters. The molecule has 6 aromatic rings. The van der Waals surface area contributed by atoms with Gasteiger partial charge >= 0.3 is 309 Å². The van der Waals surface area contributed by atoms with Gasteiger partial charge in [0.25, 0.3) is 0 Å². The number of allylic oxidation sites excluding steroid dienone is 4. The summed E-state index contributed by atoms with van der Waals surface area (Å²) in [6.07, 6.45) is 10.4. The van der Waals surface area contributed by atoms with Gasteiger partial charge in [-0.15, -0.1) is 0 Å². The van der Waals surface area contributed by atoms with E-state index in [2.05, 4.69) is 181 Å². The molecule has 2 aliphatic carbocycles. The fourth-order valence-electron chi connectivity index (χ4n) is 8.37. The average Bonchev–Trinajstić information content (AvgIpc) is 3.75. The summed E-state index contributed by atoms with van der Waals surface area (Å²) in [5, 5.41) is 5.46. The fraction of sp³-hybridized carbons (Fsp3) is 0.245. The van der Waals surface area contributed by atoms with Crippen LogP contribution in [-0.4, -0.2) is 3.21 Å². The van der Waals surface area contributed by atoms with Gasteiger partial charge < -0.3 is 24.8 Å². The summed E-state index contributed by atoms with van der Waals surface area (Å²) in [4.78, 5) is 0. The van der Waals surface area contributed by atoms with E-state index in [1.807, 2.05) is 0 Å². The maximum atomic E-state index is 2.62. The van der Waals surface area contributed by atoms with Crippen LogP contribution in [0.2, 0.25) is 0 Å². The summed E-state index contributed by atoms with van der Waals surface area (Å²) in [7, 11) is 0. The van der Waals surface area contributed by atoms with Crippen molar-refractivity contribution in [3.8, 4) is 11.1 Å². The third-order valence-electron chi connectivity index (χ3n) is 11.1. The third-order valence-corrected chi connectivity index (χ3v) is 19.4. The molecule has 0 N–H and O–H groups in total. The number of hydrogen-bond acceptors (Lipinski definition) is 0. The summed E-state index contributed by atoms with van der Waals surface area (Å²) >= 11 is -2.74. The number of halogens is 2. The first kappa shape index (κ1) is 38.4. The topological polar surface area (TPSA) is 0 Å². The van der Waals surface area contributed by atoms with Gasteiger partial charge in [0.1, 0.15) is 0 Å². The molecule has 0 spiro atoms. The van der Waals surface area contributed by atoms with Crippen LogP contribution in [0.15, 0.2) is 143 Å². The molecule has 0 amide bonds. The number of rotatable bonds is 6. The zero-order chi connectivity index (χ0) is 34.6. The van der Waals surface area contributed by atoms with Crippen molar-refractivity contribution in [2.24, 2.45) is 0 Å². The van der Waals surface area contributed by atoms with E-state index in [9.17, 15) is 0 Å². The second kappa shape index (κ2) is 15.2. The van der Waals surface area contributed by atoms with E-state index in [0.717, 1.165) is 19.3 Å². The predicted octanol–water partition coefficient (Wildman–Crippen LogP) is 6.79. The summed E-state index contributed by atoms with van der Waals surface area (Å²) < 4.78 is 3.95. The summed E-state index contributed by atoms with van der Waals surface area (Å²) in [6, 6.07) is 46.9. The summed E-state index contributed by atoms with van der Waals surface area (Å²) in [5.74, 6) is 0. The van der Waals surface area contributed by atoms with Crippen molar-refractivity contribution in [1.82, 2.24) is 0 Å². The molecule has 0 saturated heterocycles. The number of fused-ring (bicyclic) bond motifs is 5. The first-order valence-corrected chi connectivity index (χ1v) is 22.2. The van der Waals surface area contributed by atoms with Gasteiger partial charge in [0, 0.05) is 0 Å². The maximum Gasteiger partial charge on any atom is -1.00 e. The Bertz CT molecular complexity index is 2220. The maximum absolute atomic E-state index is 2.74. The zero-order valence-electron chi connectivity index (χ0n) is 31.2. The Morgan fingerprint density at radius 2 is 1.04 bits per heavy atom. The van der Waals surface area contributed by atoms with Crippen LogP contribution < -0.4 is 24.8 Å². The molecule has 2 aliphatic rings. The molecule has 6 aromatic carbocycles. The first-order valence-electron chi connectivity index (χ1n) is 18.4. The molecule has 3 heteroatoms. The minimum absolute atomic E-state index is 0. The van der Waals surface area contributed by atoms with Crippen LogP contribution in [0.3, 0.4) is 0 Å². The summed E-state index contributed by atoms with van der Waals surface area (Å²) in [6.45, 7) is 14.2. The average molecular weight is 799 g/mol. The number of hydrogen-bond donors (Lipinski definition) is 0. The van der Waals surface area contributed by atoms with Gasteiger partial charge in [-0.25, -0.2) is 0 Å². The van der Waals surface area contributed by atoms with Crippen LogP contribution >= 0.6 is 0 Å². The molecule has 0 aromatic heterocycles. The molecule has 0 saturated carbocycles. The van der Waals surface area contributed by atoms with Crippen molar-refractivity contribution in [3.63, 3.8) is 0 Å². The van der Waals surface area contributed by atoms with Crippen LogP contribution in [0, 0.1) is 0 Å². The van der Waals surface area contributed by atoms with Crippen molar-refractivity contribution in [1.29, 1.82) is 0 Å². The normalized spacial score (nSPS) is 13.5. The van der Waals surface area contributed by atoms with Gasteiger partial charge in [-0.1, -0.05) is 0 Å². The van der Waals surface area contributed by atoms with Crippen LogP contribution in [-0.2, 0) is 44.9 Å². The van der Waals surface area contributed by atoms with E-state index < -0.39 is 21.3 Å². The van der Waals surface area contributed by atoms with Crippen molar-refractivity contribution in [2.75, 3.05) is 0 Å². The van der Waals surface area contributed by atoms with E-state index in [-0.39, 0.29) is 35.6 Å². The molecule has 0 nitrogen and oxygen atoms in total. The zero-order valence-corrected chi connectivity index (χ0v) is 35.2. The van der Waals surface area contributed by atoms with Crippen molar-refractivity contribution < 1.29 is 46.1 Å². The molecule has 262 valence electrons. The van der Waals surface area contributed by atoms with Crippen molar-refractivity contribution in [3.05, 3.63) is 176 Å². The Balaban J connectivity index is 0.00000232. The molecule has 0 heterocycles. The van der Waals surface area contributed by atoms with Gasteiger partial charge in [0.15, 0.2) is 0 Å². The molecule has 0 aliphatic heterocycles. The Kier molecular flexibility index (Phi) is 11.2. The molecule has 52 heavy (non-hydrogen) atoms. The fourth-order valence-corrected chi connectivity index (χ4v) is 17.5. The van der Waals surface area contributed by atoms with Crippen molar-refractivity contribution in [2.45, 2.75) is 75.3 Å². The molecule has 8 rings (SSSR count).